The molecule has 33 heavy (non-hydrogen) atoms. The van der Waals surface area contributed by atoms with Crippen LogP contribution in [0.3, 0.4) is 0 Å². The lowest BCUT2D eigenvalue weighted by Crippen LogP contribution is -2.68. The third kappa shape index (κ3) is 2.90. The molecule has 5 aliphatic rings. The van der Waals surface area contributed by atoms with Crippen LogP contribution in [0.2, 0.25) is 0 Å². The summed E-state index contributed by atoms with van der Waals surface area (Å²) in [4.78, 5) is 12.8. The summed E-state index contributed by atoms with van der Waals surface area (Å²) >= 11 is 0. The molecule has 5 fully saturated rings. The lowest BCUT2D eigenvalue weighted by atomic mass is 9.30. The number of aliphatic hydroxyl groups is 2. The Bertz CT molecular complexity index is 838. The van der Waals surface area contributed by atoms with Crippen LogP contribution in [0.25, 0.3) is 0 Å². The largest absolute Gasteiger partial charge is 0.396 e. The van der Waals surface area contributed by atoms with E-state index in [1.54, 1.807) is 0 Å². The molecule has 0 saturated heterocycles. The van der Waals surface area contributed by atoms with Crippen molar-refractivity contribution in [2.45, 2.75) is 119 Å². The van der Waals surface area contributed by atoms with Gasteiger partial charge in [0.15, 0.2) is 5.78 Å². The van der Waals surface area contributed by atoms with Gasteiger partial charge < -0.3 is 10.2 Å². The molecular formula is C30H50O3. The van der Waals surface area contributed by atoms with Gasteiger partial charge in [0.1, 0.15) is 6.10 Å². The molecule has 2 N–H and O–H groups in total. The second-order valence-electron chi connectivity index (χ2n) is 15.2. The molecule has 188 valence electrons. The third-order valence-corrected chi connectivity index (χ3v) is 14.0. The van der Waals surface area contributed by atoms with Gasteiger partial charge in [-0.3, -0.25) is 4.79 Å². The topological polar surface area (TPSA) is 57.5 Å². The maximum absolute atomic E-state index is 12.8. The molecule has 0 spiro atoms. The highest BCUT2D eigenvalue weighted by Gasteiger charge is 2.71. The highest BCUT2D eigenvalue weighted by atomic mass is 16.3. The number of hydrogen-bond donors (Lipinski definition) is 2. The van der Waals surface area contributed by atoms with Crippen LogP contribution in [0.1, 0.15) is 113 Å². The molecule has 3 nitrogen and oxygen atoms in total. The highest BCUT2D eigenvalue weighted by Crippen LogP contribution is 2.78. The summed E-state index contributed by atoms with van der Waals surface area (Å²) in [6, 6.07) is 0. The van der Waals surface area contributed by atoms with Crippen LogP contribution in [0, 0.1) is 56.2 Å². The van der Waals surface area contributed by atoms with Crippen molar-refractivity contribution in [2.75, 3.05) is 6.61 Å². The van der Waals surface area contributed by atoms with Gasteiger partial charge in [0, 0.05) is 12.5 Å². The van der Waals surface area contributed by atoms with E-state index in [-0.39, 0.29) is 33.4 Å². The number of ketones is 1. The van der Waals surface area contributed by atoms with Crippen molar-refractivity contribution in [2.24, 2.45) is 56.2 Å². The van der Waals surface area contributed by atoms with Crippen LogP contribution < -0.4 is 0 Å². The van der Waals surface area contributed by atoms with Crippen molar-refractivity contribution in [3.8, 4) is 0 Å². The second kappa shape index (κ2) is 7.09. The molecular weight excluding hydrogens is 408 g/mol. The van der Waals surface area contributed by atoms with Crippen LogP contribution in [0.5, 0.6) is 0 Å². The van der Waals surface area contributed by atoms with E-state index in [0.29, 0.717) is 41.6 Å². The van der Waals surface area contributed by atoms with Crippen LogP contribution in [-0.4, -0.2) is 28.7 Å². The molecule has 5 aliphatic carbocycles. The number of carbonyl (C=O) groups is 1. The number of fused-ring (bicyclic) bond motifs is 7. The Kier molecular flexibility index (Phi) is 5.22. The van der Waals surface area contributed by atoms with Crippen molar-refractivity contribution < 1.29 is 15.0 Å². The maximum Gasteiger partial charge on any atom is 0.164 e. The minimum Gasteiger partial charge on any atom is -0.396 e. The molecule has 0 aromatic heterocycles. The van der Waals surface area contributed by atoms with E-state index in [4.69, 9.17) is 0 Å². The van der Waals surface area contributed by atoms with E-state index >= 15 is 0 Å². The monoisotopic (exact) mass is 458 g/mol. The first-order valence-electron chi connectivity index (χ1n) is 14.0. The molecule has 0 aromatic rings. The van der Waals surface area contributed by atoms with Gasteiger partial charge in [0.25, 0.3) is 0 Å². The first-order valence-corrected chi connectivity index (χ1v) is 14.0. The van der Waals surface area contributed by atoms with Gasteiger partial charge in [-0.15, -0.1) is 0 Å². The summed E-state index contributed by atoms with van der Waals surface area (Å²) in [5, 5.41) is 21.0. The van der Waals surface area contributed by atoms with Gasteiger partial charge in [-0.2, -0.15) is 0 Å². The summed E-state index contributed by atoms with van der Waals surface area (Å²) < 4.78 is 0. The highest BCUT2D eigenvalue weighted by molar-refractivity contribution is 5.86. The second-order valence-corrected chi connectivity index (χ2v) is 15.2. The molecule has 0 radical (unpaired) electrons. The zero-order valence-electron chi connectivity index (χ0n) is 22.5. The zero-order chi connectivity index (χ0) is 24.2. The first kappa shape index (κ1) is 24.3. The molecule has 0 heterocycles. The quantitative estimate of drug-likeness (QED) is 0.478. The molecule has 0 bridgehead atoms. The summed E-state index contributed by atoms with van der Waals surface area (Å²) in [6.45, 7) is 17.5. The number of Topliss-reactive ketones (excluding diaryl/α,β-unsaturated/α-hetero) is 1. The average Bonchev–Trinajstić information content (AvgIpc) is 2.77. The summed E-state index contributed by atoms with van der Waals surface area (Å²) in [6.07, 6.45) is 10.9. The van der Waals surface area contributed by atoms with E-state index in [9.17, 15) is 15.0 Å². The Balaban J connectivity index is 1.55. The Labute approximate surface area is 202 Å². The third-order valence-electron chi connectivity index (χ3n) is 14.0. The summed E-state index contributed by atoms with van der Waals surface area (Å²) in [5.41, 5.74) is 1.27. The molecule has 5 saturated carbocycles. The van der Waals surface area contributed by atoms with Gasteiger partial charge >= 0.3 is 0 Å². The number of rotatable bonds is 1. The molecule has 0 unspecified atom stereocenters. The van der Waals surface area contributed by atoms with Gasteiger partial charge in [0.05, 0.1) is 0 Å². The fraction of sp³-hybridized carbons (Fsp3) is 0.967. The SMILES string of the molecule is C[C@H]1C(=O)[C@H](O)C[C@@H]2[C@]1(C)CC[C@H]1[C@@]2(C)CC[C@@]2(C)[C@@H]3C[C@](C)(CO)CC[C@]3(C)CC[C@]12C. The predicted octanol–water partition coefficient (Wildman–Crippen LogP) is 6.40. The lowest BCUT2D eigenvalue weighted by Gasteiger charge is -2.75. The van der Waals surface area contributed by atoms with Crippen LogP contribution in [-0.2, 0) is 4.79 Å². The fourth-order valence-electron chi connectivity index (χ4n) is 11.2. The van der Waals surface area contributed by atoms with Crippen LogP contribution in [0.15, 0.2) is 0 Å². The van der Waals surface area contributed by atoms with Crippen molar-refractivity contribution in [3.05, 3.63) is 0 Å². The molecule has 0 aliphatic heterocycles. The van der Waals surface area contributed by atoms with Gasteiger partial charge in [0.2, 0.25) is 0 Å². The van der Waals surface area contributed by atoms with E-state index in [1.807, 2.05) is 0 Å². The Morgan fingerprint density at radius 2 is 1.39 bits per heavy atom. The maximum atomic E-state index is 12.8. The molecule has 0 amide bonds. The smallest absolute Gasteiger partial charge is 0.164 e. The van der Waals surface area contributed by atoms with Gasteiger partial charge in [-0.1, -0.05) is 48.5 Å². The van der Waals surface area contributed by atoms with Crippen molar-refractivity contribution in [1.29, 1.82) is 0 Å². The van der Waals surface area contributed by atoms with E-state index in [0.717, 1.165) is 12.8 Å². The molecule has 5 rings (SSSR count). The van der Waals surface area contributed by atoms with Gasteiger partial charge in [-0.05, 0) is 114 Å². The van der Waals surface area contributed by atoms with Crippen LogP contribution >= 0.6 is 0 Å². The minimum atomic E-state index is -0.770. The Hall–Kier alpha value is -0.410. The van der Waals surface area contributed by atoms with Crippen molar-refractivity contribution >= 4 is 5.78 Å². The van der Waals surface area contributed by atoms with Crippen LogP contribution in [0.4, 0.5) is 0 Å². The Morgan fingerprint density at radius 1 is 0.788 bits per heavy atom. The first-order chi connectivity index (χ1) is 15.2. The molecule has 3 heteroatoms. The summed E-state index contributed by atoms with van der Waals surface area (Å²) in [5.74, 6) is 1.80. The van der Waals surface area contributed by atoms with Gasteiger partial charge in [-0.25, -0.2) is 0 Å². The number of aliphatic hydroxyl groups excluding tert-OH is 2. The summed E-state index contributed by atoms with van der Waals surface area (Å²) in [7, 11) is 0. The van der Waals surface area contributed by atoms with Crippen molar-refractivity contribution in [1.82, 2.24) is 0 Å². The minimum absolute atomic E-state index is 0.0230. The fourth-order valence-corrected chi connectivity index (χ4v) is 11.2. The zero-order valence-corrected chi connectivity index (χ0v) is 22.5. The van der Waals surface area contributed by atoms with E-state index in [2.05, 4.69) is 48.5 Å². The number of carbonyl (C=O) groups excluding carboxylic acids is 1. The predicted molar refractivity (Wildman–Crippen MR) is 133 cm³/mol. The normalized spacial score (nSPS) is 60.9. The average molecular weight is 459 g/mol. The van der Waals surface area contributed by atoms with E-state index in [1.165, 1.54) is 44.9 Å². The molecule has 11 atom stereocenters. The van der Waals surface area contributed by atoms with Crippen molar-refractivity contribution in [3.63, 3.8) is 0 Å². The van der Waals surface area contributed by atoms with E-state index < -0.39 is 6.10 Å². The standard InChI is InChI=1S/C30H50O3/c1-19-24(33)20(32)16-22-27(19,4)9-8-21-28(22,5)13-15-30(7)23-17-25(2,18-31)10-11-26(23,3)12-14-29(21,30)6/h19-23,31-32H,8-18H2,1-7H3/t19-,20+,21-,22+,23+,25+,26+,27+,28+,29+,30-/m0/s1. The Morgan fingerprint density at radius 3 is 2.06 bits per heavy atom. The number of hydrogen-bond acceptors (Lipinski definition) is 3. The lowest BCUT2D eigenvalue weighted by molar-refractivity contribution is -0.261. The molecule has 0 aromatic carbocycles.